The van der Waals surface area contributed by atoms with Crippen molar-refractivity contribution in [3.63, 3.8) is 0 Å². The molecule has 4 nitrogen and oxygen atoms in total. The summed E-state index contributed by atoms with van der Waals surface area (Å²) >= 11 is 0. The van der Waals surface area contributed by atoms with E-state index in [-0.39, 0.29) is 12.6 Å². The minimum absolute atomic E-state index is 0.171. The van der Waals surface area contributed by atoms with Gasteiger partial charge in [-0.3, -0.25) is 4.79 Å². The SMILES string of the molecule is CC(C)(C=O)C(=O)c1ccc2c(c1)OCO2. The highest BCUT2D eigenvalue weighted by Gasteiger charge is 2.29. The largest absolute Gasteiger partial charge is 0.454 e. The lowest BCUT2D eigenvalue weighted by molar-refractivity contribution is -0.112. The van der Waals surface area contributed by atoms with Crippen LogP contribution in [0.2, 0.25) is 0 Å². The molecule has 4 heteroatoms. The van der Waals surface area contributed by atoms with Crippen LogP contribution in [0.25, 0.3) is 0 Å². The molecule has 0 radical (unpaired) electrons. The first-order valence-corrected chi connectivity index (χ1v) is 4.95. The third kappa shape index (κ3) is 1.66. The van der Waals surface area contributed by atoms with Crippen LogP contribution in [-0.4, -0.2) is 18.9 Å². The summed E-state index contributed by atoms with van der Waals surface area (Å²) < 4.78 is 10.3. The molecule has 0 saturated carbocycles. The molecular weight excluding hydrogens is 208 g/mol. The number of aldehydes is 1. The van der Waals surface area contributed by atoms with Gasteiger partial charge in [-0.15, -0.1) is 0 Å². The molecule has 1 aromatic carbocycles. The summed E-state index contributed by atoms with van der Waals surface area (Å²) in [5, 5.41) is 0. The van der Waals surface area contributed by atoms with Gasteiger partial charge in [-0.25, -0.2) is 0 Å². The van der Waals surface area contributed by atoms with Gasteiger partial charge in [0, 0.05) is 5.56 Å². The summed E-state index contributed by atoms with van der Waals surface area (Å²) in [5.41, 5.74) is -0.547. The fraction of sp³-hybridized carbons (Fsp3) is 0.333. The van der Waals surface area contributed by atoms with Gasteiger partial charge in [0.2, 0.25) is 6.79 Å². The van der Waals surface area contributed by atoms with Crippen molar-refractivity contribution in [1.29, 1.82) is 0 Å². The lowest BCUT2D eigenvalue weighted by Gasteiger charge is -2.15. The van der Waals surface area contributed by atoms with Crippen molar-refractivity contribution in [2.45, 2.75) is 13.8 Å². The van der Waals surface area contributed by atoms with E-state index in [4.69, 9.17) is 9.47 Å². The van der Waals surface area contributed by atoms with E-state index in [9.17, 15) is 9.59 Å². The Balaban J connectivity index is 2.35. The van der Waals surface area contributed by atoms with Crippen LogP contribution in [0.1, 0.15) is 24.2 Å². The van der Waals surface area contributed by atoms with Crippen LogP contribution in [0, 0.1) is 5.41 Å². The van der Waals surface area contributed by atoms with E-state index < -0.39 is 5.41 Å². The van der Waals surface area contributed by atoms with Gasteiger partial charge in [-0.2, -0.15) is 0 Å². The van der Waals surface area contributed by atoms with Crippen molar-refractivity contribution in [1.82, 2.24) is 0 Å². The normalized spacial score (nSPS) is 13.6. The molecule has 0 saturated heterocycles. The highest BCUT2D eigenvalue weighted by atomic mass is 16.7. The molecular formula is C12H12O4. The highest BCUT2D eigenvalue weighted by molar-refractivity contribution is 6.08. The fourth-order valence-electron chi connectivity index (χ4n) is 1.46. The number of ether oxygens (including phenoxy) is 2. The van der Waals surface area contributed by atoms with E-state index in [0.717, 1.165) is 0 Å². The van der Waals surface area contributed by atoms with Gasteiger partial charge < -0.3 is 14.3 Å². The zero-order valence-corrected chi connectivity index (χ0v) is 9.15. The highest BCUT2D eigenvalue weighted by Crippen LogP contribution is 2.34. The molecule has 1 aromatic rings. The second-order valence-electron chi connectivity index (χ2n) is 4.24. The smallest absolute Gasteiger partial charge is 0.231 e. The number of fused-ring (bicyclic) bond motifs is 1. The topological polar surface area (TPSA) is 52.6 Å². The number of carbonyl (C=O) groups is 2. The van der Waals surface area contributed by atoms with Crippen LogP contribution < -0.4 is 9.47 Å². The van der Waals surface area contributed by atoms with Crippen LogP contribution >= 0.6 is 0 Å². The second-order valence-corrected chi connectivity index (χ2v) is 4.24. The van der Waals surface area contributed by atoms with Gasteiger partial charge in [-0.05, 0) is 32.0 Å². The summed E-state index contributed by atoms with van der Waals surface area (Å²) in [5.74, 6) is 0.953. The lowest BCUT2D eigenvalue weighted by Crippen LogP contribution is -2.25. The van der Waals surface area contributed by atoms with E-state index in [0.29, 0.717) is 23.3 Å². The Hall–Kier alpha value is -1.84. The van der Waals surface area contributed by atoms with Gasteiger partial charge in [0.05, 0.1) is 5.41 Å². The maximum absolute atomic E-state index is 12.0. The summed E-state index contributed by atoms with van der Waals surface area (Å²) in [7, 11) is 0. The number of Topliss-reactive ketones (excluding diaryl/α,β-unsaturated/α-hetero) is 1. The van der Waals surface area contributed by atoms with Gasteiger partial charge in [0.25, 0.3) is 0 Å². The van der Waals surface area contributed by atoms with Gasteiger partial charge in [0.15, 0.2) is 17.3 Å². The van der Waals surface area contributed by atoms with Crippen LogP contribution in [0.15, 0.2) is 18.2 Å². The summed E-state index contributed by atoms with van der Waals surface area (Å²) in [6, 6.07) is 4.92. The van der Waals surface area contributed by atoms with E-state index in [1.54, 1.807) is 32.0 Å². The number of hydrogen-bond acceptors (Lipinski definition) is 4. The predicted molar refractivity (Wildman–Crippen MR) is 56.7 cm³/mol. The molecule has 0 bridgehead atoms. The van der Waals surface area contributed by atoms with Crippen molar-refractivity contribution >= 4 is 12.1 Å². The molecule has 1 aliphatic rings. The second kappa shape index (κ2) is 3.63. The number of rotatable bonds is 3. The Bertz CT molecular complexity index is 448. The Morgan fingerprint density at radius 2 is 2.00 bits per heavy atom. The van der Waals surface area contributed by atoms with Crippen LogP contribution in [0.3, 0.4) is 0 Å². The first kappa shape index (κ1) is 10.7. The molecule has 16 heavy (non-hydrogen) atoms. The fourth-order valence-corrected chi connectivity index (χ4v) is 1.46. The maximum atomic E-state index is 12.0. The molecule has 84 valence electrons. The third-order valence-electron chi connectivity index (χ3n) is 2.51. The Morgan fingerprint density at radius 1 is 1.31 bits per heavy atom. The van der Waals surface area contributed by atoms with Crippen LogP contribution in [-0.2, 0) is 4.79 Å². The molecule has 2 rings (SSSR count). The van der Waals surface area contributed by atoms with Gasteiger partial charge in [0.1, 0.15) is 6.29 Å². The first-order chi connectivity index (χ1) is 7.54. The minimum Gasteiger partial charge on any atom is -0.454 e. The van der Waals surface area contributed by atoms with E-state index in [2.05, 4.69) is 0 Å². The monoisotopic (exact) mass is 220 g/mol. The number of hydrogen-bond donors (Lipinski definition) is 0. The molecule has 0 spiro atoms. The number of benzene rings is 1. The molecule has 0 fully saturated rings. The number of carbonyl (C=O) groups excluding carboxylic acids is 2. The van der Waals surface area contributed by atoms with Gasteiger partial charge in [-0.1, -0.05) is 0 Å². The third-order valence-corrected chi connectivity index (χ3v) is 2.51. The Labute approximate surface area is 93.2 Å². The average molecular weight is 220 g/mol. The Morgan fingerprint density at radius 3 is 2.69 bits per heavy atom. The molecule has 0 aliphatic carbocycles. The van der Waals surface area contributed by atoms with E-state index >= 15 is 0 Å². The molecule has 0 unspecified atom stereocenters. The molecule has 0 amide bonds. The quantitative estimate of drug-likeness (QED) is 0.443. The maximum Gasteiger partial charge on any atom is 0.231 e. The van der Waals surface area contributed by atoms with Crippen LogP contribution in [0.5, 0.6) is 11.5 Å². The average Bonchev–Trinajstić information content (AvgIpc) is 2.74. The number of ketones is 1. The lowest BCUT2D eigenvalue weighted by atomic mass is 9.86. The summed E-state index contributed by atoms with van der Waals surface area (Å²) in [4.78, 5) is 22.8. The molecule has 0 aromatic heterocycles. The van der Waals surface area contributed by atoms with Crippen molar-refractivity contribution in [2.75, 3.05) is 6.79 Å². The molecule has 0 N–H and O–H groups in total. The summed E-state index contributed by atoms with van der Waals surface area (Å²) in [6.45, 7) is 3.35. The van der Waals surface area contributed by atoms with Crippen molar-refractivity contribution in [2.24, 2.45) is 5.41 Å². The van der Waals surface area contributed by atoms with E-state index in [1.165, 1.54) is 0 Å². The van der Waals surface area contributed by atoms with Crippen molar-refractivity contribution in [3.05, 3.63) is 23.8 Å². The first-order valence-electron chi connectivity index (χ1n) is 4.95. The molecule has 1 heterocycles. The van der Waals surface area contributed by atoms with Crippen LogP contribution in [0.4, 0.5) is 0 Å². The van der Waals surface area contributed by atoms with Gasteiger partial charge >= 0.3 is 0 Å². The Kier molecular flexibility index (Phi) is 2.42. The zero-order valence-electron chi connectivity index (χ0n) is 9.15. The van der Waals surface area contributed by atoms with E-state index in [1.807, 2.05) is 0 Å². The predicted octanol–water partition coefficient (Wildman–Crippen LogP) is 1.82. The molecule has 0 atom stereocenters. The minimum atomic E-state index is -1.01. The standard InChI is InChI=1S/C12H12O4/c1-12(2,6-13)11(14)8-3-4-9-10(5-8)16-7-15-9/h3-6H,7H2,1-2H3. The summed E-state index contributed by atoms with van der Waals surface area (Å²) in [6.07, 6.45) is 0.653. The van der Waals surface area contributed by atoms with Crippen molar-refractivity contribution < 1.29 is 19.1 Å². The van der Waals surface area contributed by atoms with Crippen molar-refractivity contribution in [3.8, 4) is 11.5 Å². The zero-order chi connectivity index (χ0) is 11.8. The molecule has 1 aliphatic heterocycles.